The first-order valence-corrected chi connectivity index (χ1v) is 6.90. The molecule has 0 bridgehead atoms. The molecule has 0 aliphatic heterocycles. The van der Waals surface area contributed by atoms with Gasteiger partial charge in [0, 0.05) is 12.2 Å². The van der Waals surface area contributed by atoms with E-state index in [2.05, 4.69) is 16.7 Å². The fourth-order valence-electron chi connectivity index (χ4n) is 2.69. The highest BCUT2D eigenvalue weighted by Gasteiger charge is 2.31. The number of fused-ring (bicyclic) bond motifs is 1. The van der Waals surface area contributed by atoms with Crippen LogP contribution in [-0.4, -0.2) is 13.0 Å². The highest BCUT2D eigenvalue weighted by atomic mass is 16.1. The Morgan fingerprint density at radius 1 is 1.20 bits per heavy atom. The molecule has 2 aromatic carbocycles. The minimum absolute atomic E-state index is 0.000781. The molecule has 1 aliphatic carbocycles. The molecule has 0 aromatic heterocycles. The molecular weight excluding hydrogens is 248 g/mol. The second-order valence-corrected chi connectivity index (χ2v) is 5.18. The van der Waals surface area contributed by atoms with Crippen LogP contribution >= 0.6 is 0 Å². The zero-order chi connectivity index (χ0) is 13.9. The van der Waals surface area contributed by atoms with Crippen LogP contribution in [0.25, 0.3) is 0 Å². The van der Waals surface area contributed by atoms with Crippen molar-refractivity contribution in [3.05, 3.63) is 65.2 Å². The smallest absolute Gasteiger partial charge is 0.232 e. The van der Waals surface area contributed by atoms with E-state index < -0.39 is 0 Å². The molecule has 2 N–H and O–H groups in total. The summed E-state index contributed by atoms with van der Waals surface area (Å²) >= 11 is 0. The lowest BCUT2D eigenvalue weighted by atomic mass is 9.77. The van der Waals surface area contributed by atoms with E-state index in [1.165, 1.54) is 11.1 Å². The van der Waals surface area contributed by atoms with E-state index in [1.54, 1.807) is 0 Å². The number of hydrogen-bond donors (Lipinski definition) is 2. The van der Waals surface area contributed by atoms with Gasteiger partial charge >= 0.3 is 0 Å². The Bertz CT molecular complexity index is 636. The van der Waals surface area contributed by atoms with Crippen LogP contribution in [0.2, 0.25) is 0 Å². The highest BCUT2D eigenvalue weighted by molar-refractivity contribution is 5.97. The molecule has 1 aliphatic rings. The van der Waals surface area contributed by atoms with Crippen LogP contribution < -0.4 is 10.6 Å². The molecular formula is C17H18N2O. The number of hydrogen-bond acceptors (Lipinski definition) is 2. The van der Waals surface area contributed by atoms with E-state index >= 15 is 0 Å². The maximum absolute atomic E-state index is 12.3. The minimum atomic E-state index is -0.000781. The van der Waals surface area contributed by atoms with Crippen molar-refractivity contribution >= 4 is 11.6 Å². The van der Waals surface area contributed by atoms with E-state index in [1.807, 2.05) is 49.5 Å². The maximum Gasteiger partial charge on any atom is 0.232 e. The van der Waals surface area contributed by atoms with Gasteiger partial charge in [0.15, 0.2) is 0 Å². The second kappa shape index (κ2) is 5.47. The van der Waals surface area contributed by atoms with Crippen molar-refractivity contribution in [3.8, 4) is 0 Å². The molecule has 0 saturated heterocycles. The van der Waals surface area contributed by atoms with Crippen LogP contribution in [0.3, 0.4) is 0 Å². The summed E-state index contributed by atoms with van der Waals surface area (Å²) in [6.07, 6.45) is 0.845. The number of carbonyl (C=O) groups excluding carboxylic acids is 1. The van der Waals surface area contributed by atoms with Crippen LogP contribution in [0.15, 0.2) is 48.5 Å². The van der Waals surface area contributed by atoms with Gasteiger partial charge in [0.25, 0.3) is 0 Å². The molecule has 0 saturated carbocycles. The molecule has 0 spiro atoms. The third-order valence-electron chi connectivity index (χ3n) is 3.75. The molecule has 0 heterocycles. The first-order valence-electron chi connectivity index (χ1n) is 6.90. The van der Waals surface area contributed by atoms with E-state index in [0.29, 0.717) is 0 Å². The Morgan fingerprint density at radius 2 is 2.05 bits per heavy atom. The number of amides is 1. The van der Waals surface area contributed by atoms with Crippen LogP contribution in [0.5, 0.6) is 0 Å². The molecule has 3 nitrogen and oxygen atoms in total. The molecule has 1 amide bonds. The standard InChI is InChI=1S/C17H18N2O/c1-18-11-12-5-4-7-14(9-12)19-17(20)16-10-13-6-2-3-8-15(13)16/h2-9,16,18H,10-11H2,1H3,(H,19,20). The van der Waals surface area contributed by atoms with Gasteiger partial charge in [0.05, 0.1) is 5.92 Å². The molecule has 102 valence electrons. The fraction of sp³-hybridized carbons (Fsp3) is 0.235. The van der Waals surface area contributed by atoms with Gasteiger partial charge in [-0.05, 0) is 42.3 Å². The van der Waals surface area contributed by atoms with E-state index in [0.717, 1.165) is 24.2 Å². The molecule has 2 aromatic rings. The van der Waals surface area contributed by atoms with Crippen molar-refractivity contribution in [1.29, 1.82) is 0 Å². The summed E-state index contributed by atoms with van der Waals surface area (Å²) in [5.74, 6) is 0.0875. The van der Waals surface area contributed by atoms with Crippen molar-refractivity contribution < 1.29 is 4.79 Å². The quantitative estimate of drug-likeness (QED) is 0.893. The second-order valence-electron chi connectivity index (χ2n) is 5.18. The molecule has 1 unspecified atom stereocenters. The Kier molecular flexibility index (Phi) is 3.52. The van der Waals surface area contributed by atoms with E-state index in [-0.39, 0.29) is 11.8 Å². The predicted octanol–water partition coefficient (Wildman–Crippen LogP) is 2.68. The zero-order valence-corrected chi connectivity index (χ0v) is 11.5. The van der Waals surface area contributed by atoms with Gasteiger partial charge in [0.1, 0.15) is 0 Å². The Morgan fingerprint density at radius 3 is 2.85 bits per heavy atom. The normalized spacial score (nSPS) is 16.1. The molecule has 0 radical (unpaired) electrons. The number of nitrogens with one attached hydrogen (secondary N) is 2. The van der Waals surface area contributed by atoms with Crippen LogP contribution in [0.1, 0.15) is 22.6 Å². The third-order valence-corrected chi connectivity index (χ3v) is 3.75. The lowest BCUT2D eigenvalue weighted by Gasteiger charge is -2.28. The van der Waals surface area contributed by atoms with Crippen LogP contribution in [0, 0.1) is 0 Å². The number of benzene rings is 2. The van der Waals surface area contributed by atoms with Gasteiger partial charge in [-0.15, -0.1) is 0 Å². The lowest BCUT2D eigenvalue weighted by molar-refractivity contribution is -0.118. The summed E-state index contributed by atoms with van der Waals surface area (Å²) in [6, 6.07) is 16.1. The van der Waals surface area contributed by atoms with Crippen molar-refractivity contribution in [2.75, 3.05) is 12.4 Å². The van der Waals surface area contributed by atoms with E-state index in [4.69, 9.17) is 0 Å². The summed E-state index contributed by atoms with van der Waals surface area (Å²) in [6.45, 7) is 0.802. The summed E-state index contributed by atoms with van der Waals surface area (Å²) < 4.78 is 0. The van der Waals surface area contributed by atoms with Gasteiger partial charge in [-0.2, -0.15) is 0 Å². The van der Waals surface area contributed by atoms with Crippen LogP contribution in [0.4, 0.5) is 5.69 Å². The Balaban J connectivity index is 1.70. The number of carbonyl (C=O) groups is 1. The fourth-order valence-corrected chi connectivity index (χ4v) is 2.69. The van der Waals surface area contributed by atoms with Crippen molar-refractivity contribution in [2.45, 2.75) is 18.9 Å². The number of anilines is 1. The van der Waals surface area contributed by atoms with Gasteiger partial charge in [-0.3, -0.25) is 4.79 Å². The summed E-state index contributed by atoms with van der Waals surface area (Å²) in [5.41, 5.74) is 4.49. The first kappa shape index (κ1) is 12.9. The van der Waals surface area contributed by atoms with Gasteiger partial charge in [0.2, 0.25) is 5.91 Å². The third kappa shape index (κ3) is 2.45. The van der Waals surface area contributed by atoms with Gasteiger partial charge in [-0.1, -0.05) is 36.4 Å². The zero-order valence-electron chi connectivity index (χ0n) is 11.5. The van der Waals surface area contributed by atoms with Crippen LogP contribution in [-0.2, 0) is 17.8 Å². The van der Waals surface area contributed by atoms with Crippen molar-refractivity contribution in [1.82, 2.24) is 5.32 Å². The SMILES string of the molecule is CNCc1cccc(NC(=O)C2Cc3ccccc32)c1. The average Bonchev–Trinajstić information content (AvgIpc) is 2.41. The van der Waals surface area contributed by atoms with Crippen molar-refractivity contribution in [2.24, 2.45) is 0 Å². The predicted molar refractivity (Wildman–Crippen MR) is 80.7 cm³/mol. The molecule has 0 fully saturated rings. The monoisotopic (exact) mass is 266 g/mol. The first-order chi connectivity index (χ1) is 9.78. The maximum atomic E-state index is 12.3. The van der Waals surface area contributed by atoms with Crippen molar-refractivity contribution in [3.63, 3.8) is 0 Å². The highest BCUT2D eigenvalue weighted by Crippen LogP contribution is 2.35. The van der Waals surface area contributed by atoms with Gasteiger partial charge < -0.3 is 10.6 Å². The lowest BCUT2D eigenvalue weighted by Crippen LogP contribution is -2.30. The average molecular weight is 266 g/mol. The Labute approximate surface area is 119 Å². The van der Waals surface area contributed by atoms with E-state index in [9.17, 15) is 4.79 Å². The minimum Gasteiger partial charge on any atom is -0.326 e. The largest absolute Gasteiger partial charge is 0.326 e. The molecule has 3 heteroatoms. The molecule has 3 rings (SSSR count). The summed E-state index contributed by atoms with van der Waals surface area (Å²) in [4.78, 5) is 12.3. The molecule has 20 heavy (non-hydrogen) atoms. The summed E-state index contributed by atoms with van der Waals surface area (Å²) in [7, 11) is 1.91. The van der Waals surface area contributed by atoms with Gasteiger partial charge in [-0.25, -0.2) is 0 Å². The topological polar surface area (TPSA) is 41.1 Å². The Hall–Kier alpha value is -2.13. The number of rotatable bonds is 4. The summed E-state index contributed by atoms with van der Waals surface area (Å²) in [5, 5.41) is 6.13. The molecule has 1 atom stereocenters.